The lowest BCUT2D eigenvalue weighted by Gasteiger charge is -2.18. The average molecular weight is 283 g/mol. The van der Waals surface area contributed by atoms with Gasteiger partial charge in [0.15, 0.2) is 0 Å². The molecule has 0 bridgehead atoms. The van der Waals surface area contributed by atoms with Crippen molar-refractivity contribution < 1.29 is 0 Å². The fourth-order valence-electron chi connectivity index (χ4n) is 2.27. The molecular formula is C16H17N3S. The highest BCUT2D eigenvalue weighted by atomic mass is 32.1. The molecule has 0 aliphatic heterocycles. The van der Waals surface area contributed by atoms with Gasteiger partial charge in [-0.25, -0.2) is 0 Å². The zero-order chi connectivity index (χ0) is 13.8. The molecule has 20 heavy (non-hydrogen) atoms. The van der Waals surface area contributed by atoms with Gasteiger partial charge in [0.05, 0.1) is 11.7 Å². The van der Waals surface area contributed by atoms with Gasteiger partial charge in [0.1, 0.15) is 0 Å². The Morgan fingerprint density at radius 3 is 2.65 bits per heavy atom. The standard InChI is InChI=1S/C16H17N3S/c1-19-14(9-10-18-19)12-17-16(15-8-5-11-20-15)13-6-3-2-4-7-13/h2-11,16-17H,12H2,1H3. The Balaban J connectivity index is 1.82. The minimum absolute atomic E-state index is 0.228. The molecule has 2 aromatic heterocycles. The van der Waals surface area contributed by atoms with Crippen molar-refractivity contribution in [3.63, 3.8) is 0 Å². The quantitative estimate of drug-likeness (QED) is 0.778. The summed E-state index contributed by atoms with van der Waals surface area (Å²) in [6, 6.07) is 17.1. The highest BCUT2D eigenvalue weighted by Crippen LogP contribution is 2.26. The zero-order valence-corrected chi connectivity index (χ0v) is 12.2. The van der Waals surface area contributed by atoms with Gasteiger partial charge in [-0.05, 0) is 23.1 Å². The molecule has 1 aromatic carbocycles. The molecule has 102 valence electrons. The summed E-state index contributed by atoms with van der Waals surface area (Å²) in [5, 5.41) is 9.96. The van der Waals surface area contributed by atoms with Gasteiger partial charge < -0.3 is 0 Å². The van der Waals surface area contributed by atoms with Gasteiger partial charge in [0.2, 0.25) is 0 Å². The highest BCUT2D eigenvalue weighted by Gasteiger charge is 2.14. The van der Waals surface area contributed by atoms with Crippen LogP contribution in [0.4, 0.5) is 0 Å². The van der Waals surface area contributed by atoms with Gasteiger partial charge in [-0.2, -0.15) is 5.10 Å². The molecule has 0 fully saturated rings. The molecule has 3 rings (SSSR count). The van der Waals surface area contributed by atoms with E-state index < -0.39 is 0 Å². The molecule has 1 unspecified atom stereocenters. The van der Waals surface area contributed by atoms with Crippen LogP contribution in [0.3, 0.4) is 0 Å². The number of hydrogen-bond donors (Lipinski definition) is 1. The Labute approximate surface area is 122 Å². The van der Waals surface area contributed by atoms with Crippen LogP contribution >= 0.6 is 11.3 Å². The number of hydrogen-bond acceptors (Lipinski definition) is 3. The summed E-state index contributed by atoms with van der Waals surface area (Å²) in [5.41, 5.74) is 2.47. The van der Waals surface area contributed by atoms with Crippen molar-refractivity contribution in [2.45, 2.75) is 12.6 Å². The molecule has 1 atom stereocenters. The number of thiophene rings is 1. The first-order valence-corrected chi connectivity index (χ1v) is 7.51. The second kappa shape index (κ2) is 6.03. The lowest BCUT2D eigenvalue weighted by Crippen LogP contribution is -2.22. The number of rotatable bonds is 5. The Kier molecular flexibility index (Phi) is 3.95. The molecule has 0 radical (unpaired) electrons. The first-order chi connectivity index (χ1) is 9.84. The van der Waals surface area contributed by atoms with E-state index in [9.17, 15) is 0 Å². The fraction of sp³-hybridized carbons (Fsp3) is 0.188. The molecule has 0 saturated heterocycles. The molecule has 0 aliphatic rings. The lowest BCUT2D eigenvalue weighted by molar-refractivity contribution is 0.577. The summed E-state index contributed by atoms with van der Waals surface area (Å²) in [6.07, 6.45) is 1.83. The number of nitrogens with one attached hydrogen (secondary N) is 1. The van der Waals surface area contributed by atoms with Crippen LogP contribution in [-0.4, -0.2) is 9.78 Å². The minimum Gasteiger partial charge on any atom is -0.300 e. The van der Waals surface area contributed by atoms with E-state index in [0.29, 0.717) is 0 Å². The van der Waals surface area contributed by atoms with Crippen LogP contribution in [0.2, 0.25) is 0 Å². The molecule has 0 saturated carbocycles. The second-order valence-electron chi connectivity index (χ2n) is 4.69. The van der Waals surface area contributed by atoms with Crippen molar-refractivity contribution >= 4 is 11.3 Å². The van der Waals surface area contributed by atoms with E-state index >= 15 is 0 Å². The fourth-order valence-corrected chi connectivity index (χ4v) is 3.09. The molecule has 3 nitrogen and oxygen atoms in total. The first-order valence-electron chi connectivity index (χ1n) is 6.63. The summed E-state index contributed by atoms with van der Waals surface area (Å²) in [6.45, 7) is 0.800. The molecule has 4 heteroatoms. The smallest absolute Gasteiger partial charge is 0.0674 e. The van der Waals surface area contributed by atoms with Gasteiger partial charge in [-0.3, -0.25) is 10.00 Å². The van der Waals surface area contributed by atoms with Crippen LogP contribution in [-0.2, 0) is 13.6 Å². The maximum absolute atomic E-state index is 4.21. The van der Waals surface area contributed by atoms with E-state index in [4.69, 9.17) is 0 Å². The van der Waals surface area contributed by atoms with E-state index in [1.165, 1.54) is 16.1 Å². The van der Waals surface area contributed by atoms with Crippen LogP contribution in [0.25, 0.3) is 0 Å². The van der Waals surface area contributed by atoms with Crippen molar-refractivity contribution in [2.24, 2.45) is 7.05 Å². The average Bonchev–Trinajstić information content (AvgIpc) is 3.13. The molecule has 3 aromatic rings. The Morgan fingerprint density at radius 1 is 1.15 bits per heavy atom. The normalized spacial score (nSPS) is 12.4. The molecule has 0 spiro atoms. The third-order valence-corrected chi connectivity index (χ3v) is 4.31. The Hall–Kier alpha value is -1.91. The maximum Gasteiger partial charge on any atom is 0.0674 e. The van der Waals surface area contributed by atoms with E-state index in [2.05, 4.69) is 58.3 Å². The van der Waals surface area contributed by atoms with Crippen molar-refractivity contribution in [1.82, 2.24) is 15.1 Å². The van der Waals surface area contributed by atoms with Gasteiger partial charge in [0.25, 0.3) is 0 Å². The van der Waals surface area contributed by atoms with Gasteiger partial charge in [-0.15, -0.1) is 11.3 Å². The zero-order valence-electron chi connectivity index (χ0n) is 11.4. The highest BCUT2D eigenvalue weighted by molar-refractivity contribution is 7.10. The third kappa shape index (κ3) is 2.81. The summed E-state index contributed by atoms with van der Waals surface area (Å²) in [4.78, 5) is 1.33. The second-order valence-corrected chi connectivity index (χ2v) is 5.67. The maximum atomic E-state index is 4.21. The monoisotopic (exact) mass is 283 g/mol. The van der Waals surface area contributed by atoms with Crippen molar-refractivity contribution in [3.05, 3.63) is 76.2 Å². The predicted molar refractivity (Wildman–Crippen MR) is 82.7 cm³/mol. The van der Waals surface area contributed by atoms with E-state index in [1.54, 1.807) is 11.3 Å². The minimum atomic E-state index is 0.228. The Bertz CT molecular complexity index is 643. The molecule has 0 amide bonds. The Morgan fingerprint density at radius 2 is 2.00 bits per heavy atom. The predicted octanol–water partition coefficient (Wildman–Crippen LogP) is 3.36. The van der Waals surface area contributed by atoms with Crippen LogP contribution in [0, 0.1) is 0 Å². The third-order valence-electron chi connectivity index (χ3n) is 3.37. The van der Waals surface area contributed by atoms with Gasteiger partial charge in [0, 0.05) is 24.7 Å². The van der Waals surface area contributed by atoms with E-state index in [1.807, 2.05) is 24.0 Å². The lowest BCUT2D eigenvalue weighted by atomic mass is 10.1. The summed E-state index contributed by atoms with van der Waals surface area (Å²) in [5.74, 6) is 0. The van der Waals surface area contributed by atoms with Crippen LogP contribution in [0.1, 0.15) is 22.2 Å². The molecule has 0 aliphatic carbocycles. The number of benzene rings is 1. The van der Waals surface area contributed by atoms with Gasteiger partial charge >= 0.3 is 0 Å². The van der Waals surface area contributed by atoms with E-state index in [0.717, 1.165) is 6.54 Å². The van der Waals surface area contributed by atoms with Crippen molar-refractivity contribution in [2.75, 3.05) is 0 Å². The number of aryl methyl sites for hydroxylation is 1. The molecule has 1 N–H and O–H groups in total. The number of nitrogens with zero attached hydrogens (tertiary/aromatic N) is 2. The SMILES string of the molecule is Cn1nccc1CNC(c1ccccc1)c1cccs1. The summed E-state index contributed by atoms with van der Waals surface area (Å²) < 4.78 is 1.91. The summed E-state index contributed by atoms with van der Waals surface area (Å²) in [7, 11) is 1.97. The van der Waals surface area contributed by atoms with Crippen LogP contribution in [0.15, 0.2) is 60.1 Å². The van der Waals surface area contributed by atoms with Crippen molar-refractivity contribution in [1.29, 1.82) is 0 Å². The molecular weight excluding hydrogens is 266 g/mol. The largest absolute Gasteiger partial charge is 0.300 e. The van der Waals surface area contributed by atoms with Crippen LogP contribution < -0.4 is 5.32 Å². The van der Waals surface area contributed by atoms with E-state index in [-0.39, 0.29) is 6.04 Å². The summed E-state index contributed by atoms with van der Waals surface area (Å²) >= 11 is 1.78. The number of aromatic nitrogens is 2. The topological polar surface area (TPSA) is 29.9 Å². The van der Waals surface area contributed by atoms with Crippen LogP contribution in [0.5, 0.6) is 0 Å². The first kappa shape index (κ1) is 13.1. The van der Waals surface area contributed by atoms with Gasteiger partial charge in [-0.1, -0.05) is 36.4 Å². The van der Waals surface area contributed by atoms with Crippen molar-refractivity contribution in [3.8, 4) is 0 Å². The molecule has 2 heterocycles.